The molecule has 0 unspecified atom stereocenters. The van der Waals surface area contributed by atoms with Gasteiger partial charge in [0.15, 0.2) is 0 Å². The van der Waals surface area contributed by atoms with Crippen LogP contribution in [0.15, 0.2) is 30.5 Å². The summed E-state index contributed by atoms with van der Waals surface area (Å²) in [6.07, 6.45) is 1.55. The van der Waals surface area contributed by atoms with E-state index in [-0.39, 0.29) is 0 Å². The maximum atomic E-state index is 8.78. The summed E-state index contributed by atoms with van der Waals surface area (Å²) >= 11 is 0. The lowest BCUT2D eigenvalue weighted by molar-refractivity contribution is 0.122. The highest BCUT2D eigenvalue weighted by Crippen LogP contribution is 2.22. The van der Waals surface area contributed by atoms with Crippen molar-refractivity contribution in [1.82, 2.24) is 9.97 Å². The average Bonchev–Trinajstić information content (AvgIpc) is 2.58. The first-order chi connectivity index (χ1) is 10.8. The van der Waals surface area contributed by atoms with E-state index in [0.29, 0.717) is 11.4 Å². The zero-order chi connectivity index (χ0) is 15.4. The largest absolute Gasteiger partial charge is 0.378 e. The summed E-state index contributed by atoms with van der Waals surface area (Å²) < 4.78 is 5.36. The lowest BCUT2D eigenvalue weighted by Crippen LogP contribution is -2.36. The number of nitrogens with zero attached hydrogens (tertiary/aromatic N) is 4. The van der Waals surface area contributed by atoms with Gasteiger partial charge >= 0.3 is 0 Å². The second-order valence-corrected chi connectivity index (χ2v) is 5.07. The number of nitriles is 1. The zero-order valence-corrected chi connectivity index (χ0v) is 12.4. The topological polar surface area (TPSA) is 74.1 Å². The highest BCUT2D eigenvalue weighted by molar-refractivity contribution is 5.61. The van der Waals surface area contributed by atoms with Gasteiger partial charge in [0, 0.05) is 19.3 Å². The average molecular weight is 295 g/mol. The summed E-state index contributed by atoms with van der Waals surface area (Å²) in [5, 5.41) is 12.0. The number of nitrogens with one attached hydrogen (secondary N) is 1. The van der Waals surface area contributed by atoms with Crippen LogP contribution >= 0.6 is 0 Å². The van der Waals surface area contributed by atoms with Crippen molar-refractivity contribution in [1.29, 1.82) is 5.26 Å². The van der Waals surface area contributed by atoms with Gasteiger partial charge in [-0.15, -0.1) is 0 Å². The number of ether oxygens (including phenoxy) is 1. The Morgan fingerprint density at radius 3 is 2.68 bits per heavy atom. The summed E-state index contributed by atoms with van der Waals surface area (Å²) in [6.45, 7) is 5.20. The molecule has 1 aliphatic rings. The molecule has 2 aromatic rings. The number of rotatable bonds is 3. The fraction of sp³-hybridized carbons (Fsp3) is 0.312. The number of morpholine rings is 1. The fourth-order valence-electron chi connectivity index (χ4n) is 2.32. The number of hydrogen-bond acceptors (Lipinski definition) is 6. The number of pyridine rings is 2. The summed E-state index contributed by atoms with van der Waals surface area (Å²) in [4.78, 5) is 11.1. The van der Waals surface area contributed by atoms with E-state index in [4.69, 9.17) is 10.00 Å². The van der Waals surface area contributed by atoms with E-state index in [2.05, 4.69) is 26.3 Å². The van der Waals surface area contributed by atoms with Crippen LogP contribution in [0.5, 0.6) is 0 Å². The van der Waals surface area contributed by atoms with E-state index in [1.807, 2.05) is 19.1 Å². The Labute approximate surface area is 129 Å². The Bertz CT molecular complexity index is 687. The van der Waals surface area contributed by atoms with Gasteiger partial charge < -0.3 is 15.0 Å². The molecule has 3 rings (SSSR count). The zero-order valence-electron chi connectivity index (χ0n) is 12.4. The second kappa shape index (κ2) is 6.41. The number of anilines is 3. The SMILES string of the molecule is Cc1nc(N2CCOCC2)ccc1Nc1ccc(C#N)cn1. The molecule has 1 aliphatic heterocycles. The van der Waals surface area contributed by atoms with Crippen LogP contribution in [-0.4, -0.2) is 36.3 Å². The summed E-state index contributed by atoms with van der Waals surface area (Å²) in [5.74, 6) is 1.67. The van der Waals surface area contributed by atoms with Gasteiger partial charge in [-0.1, -0.05) is 0 Å². The van der Waals surface area contributed by atoms with Crippen molar-refractivity contribution < 1.29 is 4.74 Å². The van der Waals surface area contributed by atoms with Crippen molar-refractivity contribution in [3.63, 3.8) is 0 Å². The quantitative estimate of drug-likeness (QED) is 0.936. The molecular formula is C16H17N5O. The molecule has 0 aliphatic carbocycles. The Morgan fingerprint density at radius 1 is 1.23 bits per heavy atom. The molecule has 6 nitrogen and oxygen atoms in total. The smallest absolute Gasteiger partial charge is 0.130 e. The lowest BCUT2D eigenvalue weighted by Gasteiger charge is -2.28. The van der Waals surface area contributed by atoms with E-state index in [0.717, 1.165) is 43.5 Å². The van der Waals surface area contributed by atoms with Crippen molar-refractivity contribution >= 4 is 17.3 Å². The molecule has 1 saturated heterocycles. The molecule has 3 heterocycles. The van der Waals surface area contributed by atoms with Crippen molar-refractivity contribution in [2.75, 3.05) is 36.5 Å². The van der Waals surface area contributed by atoms with Crippen LogP contribution in [0.25, 0.3) is 0 Å². The van der Waals surface area contributed by atoms with Gasteiger partial charge in [-0.05, 0) is 31.2 Å². The van der Waals surface area contributed by atoms with Crippen LogP contribution < -0.4 is 10.2 Å². The summed E-state index contributed by atoms with van der Waals surface area (Å²) in [5.41, 5.74) is 2.37. The van der Waals surface area contributed by atoms with Crippen molar-refractivity contribution in [3.8, 4) is 6.07 Å². The van der Waals surface area contributed by atoms with Crippen LogP contribution in [0.3, 0.4) is 0 Å². The molecule has 0 aromatic carbocycles. The van der Waals surface area contributed by atoms with Crippen molar-refractivity contribution in [3.05, 3.63) is 41.7 Å². The van der Waals surface area contributed by atoms with E-state index in [1.165, 1.54) is 0 Å². The highest BCUT2D eigenvalue weighted by atomic mass is 16.5. The van der Waals surface area contributed by atoms with Gasteiger partial charge in [0.05, 0.1) is 30.2 Å². The molecule has 22 heavy (non-hydrogen) atoms. The van der Waals surface area contributed by atoms with E-state index in [9.17, 15) is 0 Å². The summed E-state index contributed by atoms with van der Waals surface area (Å²) in [7, 11) is 0. The van der Waals surface area contributed by atoms with E-state index >= 15 is 0 Å². The van der Waals surface area contributed by atoms with Gasteiger partial charge in [-0.3, -0.25) is 0 Å². The second-order valence-electron chi connectivity index (χ2n) is 5.07. The molecule has 1 fully saturated rings. The van der Waals surface area contributed by atoms with Crippen LogP contribution in [0.4, 0.5) is 17.3 Å². The van der Waals surface area contributed by atoms with Crippen LogP contribution in [0.2, 0.25) is 0 Å². The fourth-order valence-corrected chi connectivity index (χ4v) is 2.32. The first-order valence-electron chi connectivity index (χ1n) is 7.20. The number of aromatic nitrogens is 2. The maximum Gasteiger partial charge on any atom is 0.130 e. The van der Waals surface area contributed by atoms with Crippen molar-refractivity contribution in [2.45, 2.75) is 6.92 Å². The molecule has 1 N–H and O–H groups in total. The minimum absolute atomic E-state index is 0.545. The van der Waals surface area contributed by atoms with Crippen LogP contribution in [0, 0.1) is 18.3 Å². The molecule has 0 spiro atoms. The number of aryl methyl sites for hydroxylation is 1. The van der Waals surface area contributed by atoms with Gasteiger partial charge in [-0.25, -0.2) is 9.97 Å². The van der Waals surface area contributed by atoms with Crippen LogP contribution in [-0.2, 0) is 4.74 Å². The third-order valence-corrected chi connectivity index (χ3v) is 3.56. The van der Waals surface area contributed by atoms with Crippen LogP contribution in [0.1, 0.15) is 11.3 Å². The lowest BCUT2D eigenvalue weighted by atomic mass is 10.2. The van der Waals surface area contributed by atoms with E-state index in [1.54, 1.807) is 18.3 Å². The molecular weight excluding hydrogens is 278 g/mol. The molecule has 6 heteroatoms. The maximum absolute atomic E-state index is 8.78. The molecule has 0 saturated carbocycles. The third-order valence-electron chi connectivity index (χ3n) is 3.56. The molecule has 112 valence electrons. The number of hydrogen-bond donors (Lipinski definition) is 1. The monoisotopic (exact) mass is 295 g/mol. The first-order valence-corrected chi connectivity index (χ1v) is 7.20. The van der Waals surface area contributed by atoms with Gasteiger partial charge in [0.1, 0.15) is 17.7 Å². The summed E-state index contributed by atoms with van der Waals surface area (Å²) in [6, 6.07) is 9.59. The predicted octanol–water partition coefficient (Wildman–Crippen LogP) is 2.24. The van der Waals surface area contributed by atoms with Crippen molar-refractivity contribution in [2.24, 2.45) is 0 Å². The minimum Gasteiger partial charge on any atom is -0.378 e. The Hall–Kier alpha value is -2.65. The van der Waals surface area contributed by atoms with Gasteiger partial charge in [0.2, 0.25) is 0 Å². The third kappa shape index (κ3) is 3.15. The minimum atomic E-state index is 0.545. The predicted molar refractivity (Wildman–Crippen MR) is 84.2 cm³/mol. The van der Waals surface area contributed by atoms with Gasteiger partial charge in [0.25, 0.3) is 0 Å². The molecule has 0 atom stereocenters. The Balaban J connectivity index is 1.75. The normalized spacial score (nSPS) is 14.5. The van der Waals surface area contributed by atoms with E-state index < -0.39 is 0 Å². The Morgan fingerprint density at radius 2 is 2.05 bits per heavy atom. The highest BCUT2D eigenvalue weighted by Gasteiger charge is 2.13. The standard InChI is InChI=1S/C16H17N5O/c1-12-14(20-15-4-2-13(10-17)11-18-15)3-5-16(19-12)21-6-8-22-9-7-21/h2-5,11H,6-9H2,1H3,(H,18,20). The Kier molecular flexibility index (Phi) is 4.17. The van der Waals surface area contributed by atoms with Gasteiger partial charge in [-0.2, -0.15) is 5.26 Å². The molecule has 0 radical (unpaired) electrons. The molecule has 2 aromatic heterocycles. The molecule has 0 amide bonds. The first kappa shape index (κ1) is 14.3. The molecule has 0 bridgehead atoms.